The smallest absolute Gasteiger partial charge is 0.256 e. The van der Waals surface area contributed by atoms with E-state index in [1.54, 1.807) is 30.3 Å². The van der Waals surface area contributed by atoms with Gasteiger partial charge in [-0.05, 0) is 54.4 Å². The first kappa shape index (κ1) is 21.3. The molecular weight excluding hydrogens is 422 g/mol. The Hall–Kier alpha value is -3.91. The van der Waals surface area contributed by atoms with Crippen LogP contribution < -0.4 is 10.6 Å². The van der Waals surface area contributed by atoms with Crippen molar-refractivity contribution in [1.29, 1.82) is 0 Å². The lowest BCUT2D eigenvalue weighted by Gasteiger charge is -2.13. The van der Waals surface area contributed by atoms with Gasteiger partial charge < -0.3 is 10.6 Å². The summed E-state index contributed by atoms with van der Waals surface area (Å²) in [5.74, 6) is 0.260. The third kappa shape index (κ3) is 5.22. The van der Waals surface area contributed by atoms with Gasteiger partial charge in [0.1, 0.15) is 6.33 Å². The highest BCUT2D eigenvalue weighted by Crippen LogP contribution is 2.22. The number of nitrogens with zero attached hydrogens (tertiary/aromatic N) is 2. The molecule has 3 aromatic carbocycles. The average Bonchev–Trinajstić information content (AvgIpc) is 3.34. The zero-order chi connectivity index (χ0) is 22.3. The van der Waals surface area contributed by atoms with Crippen LogP contribution in [0.4, 0.5) is 11.4 Å². The first-order valence-electron chi connectivity index (χ1n) is 9.94. The monoisotopic (exact) mass is 443 g/mol. The van der Waals surface area contributed by atoms with Gasteiger partial charge in [0.25, 0.3) is 11.8 Å². The second-order valence-corrected chi connectivity index (χ2v) is 7.99. The van der Waals surface area contributed by atoms with Crippen molar-refractivity contribution < 1.29 is 9.59 Å². The lowest BCUT2D eigenvalue weighted by atomic mass is 10.1. The van der Waals surface area contributed by atoms with Crippen LogP contribution in [-0.2, 0) is 5.75 Å². The van der Waals surface area contributed by atoms with E-state index in [-0.39, 0.29) is 11.8 Å². The van der Waals surface area contributed by atoms with E-state index in [4.69, 9.17) is 0 Å². The van der Waals surface area contributed by atoms with Crippen LogP contribution in [0.15, 0.2) is 84.3 Å². The van der Waals surface area contributed by atoms with E-state index in [9.17, 15) is 9.59 Å². The average molecular weight is 444 g/mol. The second kappa shape index (κ2) is 9.93. The molecule has 32 heavy (non-hydrogen) atoms. The van der Waals surface area contributed by atoms with Gasteiger partial charge in [-0.15, -0.1) is 0 Å². The number of H-pyrrole nitrogens is 1. The molecule has 0 unspecified atom stereocenters. The zero-order valence-electron chi connectivity index (χ0n) is 17.3. The third-order valence-electron chi connectivity index (χ3n) is 4.84. The number of para-hydroxylation sites is 1. The summed E-state index contributed by atoms with van der Waals surface area (Å²) in [4.78, 5) is 29.5. The van der Waals surface area contributed by atoms with Gasteiger partial charge in [-0.1, -0.05) is 48.2 Å². The van der Waals surface area contributed by atoms with Crippen molar-refractivity contribution in [2.75, 3.05) is 10.6 Å². The molecule has 0 bridgehead atoms. The summed E-state index contributed by atoms with van der Waals surface area (Å²) in [5.41, 5.74) is 4.13. The molecule has 0 aliphatic carbocycles. The van der Waals surface area contributed by atoms with E-state index in [0.717, 1.165) is 16.5 Å². The van der Waals surface area contributed by atoms with Gasteiger partial charge in [-0.3, -0.25) is 14.7 Å². The molecule has 7 nitrogen and oxygen atoms in total. The molecule has 0 spiro atoms. The normalized spacial score (nSPS) is 10.5. The van der Waals surface area contributed by atoms with Crippen molar-refractivity contribution in [1.82, 2.24) is 15.2 Å². The van der Waals surface area contributed by atoms with Crippen molar-refractivity contribution >= 4 is 35.0 Å². The summed E-state index contributed by atoms with van der Waals surface area (Å²) in [6.07, 6.45) is 1.47. The molecule has 0 radical (unpaired) electrons. The number of carbonyl (C=O) groups excluding carboxylic acids is 2. The molecule has 1 heterocycles. The Morgan fingerprint density at radius 2 is 1.69 bits per heavy atom. The van der Waals surface area contributed by atoms with E-state index in [1.165, 1.54) is 18.1 Å². The van der Waals surface area contributed by atoms with Crippen LogP contribution in [0.25, 0.3) is 0 Å². The molecule has 4 rings (SSSR count). The summed E-state index contributed by atoms with van der Waals surface area (Å²) in [6, 6.07) is 21.9. The van der Waals surface area contributed by atoms with Gasteiger partial charge in [0.15, 0.2) is 5.16 Å². The van der Waals surface area contributed by atoms with E-state index in [2.05, 4.69) is 25.8 Å². The molecule has 0 saturated carbocycles. The van der Waals surface area contributed by atoms with Gasteiger partial charge in [-0.2, -0.15) is 5.10 Å². The highest BCUT2D eigenvalue weighted by Gasteiger charge is 2.14. The Morgan fingerprint density at radius 3 is 2.41 bits per heavy atom. The van der Waals surface area contributed by atoms with Crippen LogP contribution >= 0.6 is 11.8 Å². The second-order valence-electron chi connectivity index (χ2n) is 7.03. The highest BCUT2D eigenvalue weighted by molar-refractivity contribution is 7.98. The minimum absolute atomic E-state index is 0.224. The summed E-state index contributed by atoms with van der Waals surface area (Å²) < 4.78 is 0. The first-order chi connectivity index (χ1) is 15.6. The molecular formula is C24H21N5O2S. The molecule has 2 amide bonds. The van der Waals surface area contributed by atoms with Gasteiger partial charge in [-0.25, -0.2) is 4.98 Å². The molecule has 0 saturated heterocycles. The maximum absolute atomic E-state index is 12.8. The molecule has 1 aromatic heterocycles. The van der Waals surface area contributed by atoms with Crippen LogP contribution in [0.2, 0.25) is 0 Å². The number of hydrogen-bond acceptors (Lipinski definition) is 5. The predicted molar refractivity (Wildman–Crippen MR) is 126 cm³/mol. The van der Waals surface area contributed by atoms with Crippen LogP contribution in [0.5, 0.6) is 0 Å². The number of benzene rings is 3. The molecule has 3 N–H and O–H groups in total. The van der Waals surface area contributed by atoms with Gasteiger partial charge in [0.2, 0.25) is 0 Å². The highest BCUT2D eigenvalue weighted by atomic mass is 32.2. The summed E-state index contributed by atoms with van der Waals surface area (Å²) >= 11 is 1.54. The topological polar surface area (TPSA) is 99.8 Å². The van der Waals surface area contributed by atoms with E-state index in [0.29, 0.717) is 28.1 Å². The number of carbonyl (C=O) groups is 2. The van der Waals surface area contributed by atoms with Crippen molar-refractivity contribution in [2.24, 2.45) is 0 Å². The summed E-state index contributed by atoms with van der Waals surface area (Å²) in [6.45, 7) is 1.82. The minimum Gasteiger partial charge on any atom is -0.322 e. The van der Waals surface area contributed by atoms with Crippen LogP contribution in [0, 0.1) is 6.92 Å². The van der Waals surface area contributed by atoms with E-state index < -0.39 is 0 Å². The number of amides is 2. The van der Waals surface area contributed by atoms with Crippen LogP contribution in [-0.4, -0.2) is 27.0 Å². The van der Waals surface area contributed by atoms with Crippen molar-refractivity contribution in [2.45, 2.75) is 17.8 Å². The third-order valence-corrected chi connectivity index (χ3v) is 5.79. The number of thioether (sulfide) groups is 1. The lowest BCUT2D eigenvalue weighted by molar-refractivity contribution is 0.101. The largest absolute Gasteiger partial charge is 0.322 e. The summed E-state index contributed by atoms with van der Waals surface area (Å²) in [7, 11) is 0. The number of aromatic nitrogens is 3. The van der Waals surface area contributed by atoms with Crippen molar-refractivity contribution in [3.05, 3.63) is 101 Å². The Balaban J connectivity index is 1.41. The van der Waals surface area contributed by atoms with Gasteiger partial charge in [0, 0.05) is 28.3 Å². The number of aromatic amines is 1. The van der Waals surface area contributed by atoms with Crippen molar-refractivity contribution in [3.8, 4) is 0 Å². The maximum atomic E-state index is 12.8. The zero-order valence-corrected chi connectivity index (χ0v) is 18.1. The molecule has 8 heteroatoms. The van der Waals surface area contributed by atoms with Crippen LogP contribution in [0.1, 0.15) is 31.8 Å². The fourth-order valence-corrected chi connectivity index (χ4v) is 3.83. The molecule has 4 aromatic rings. The SMILES string of the molecule is Cc1c(NC(=O)c2ccc(CSc3ncn[nH]3)cc2)cccc1C(=O)Nc1ccccc1. The Labute approximate surface area is 189 Å². The Morgan fingerprint density at radius 1 is 0.906 bits per heavy atom. The lowest BCUT2D eigenvalue weighted by Crippen LogP contribution is -2.17. The Bertz CT molecular complexity index is 1210. The van der Waals surface area contributed by atoms with E-state index >= 15 is 0 Å². The standard InChI is InChI=1S/C24H21N5O2S/c1-16-20(23(31)27-19-6-3-2-4-7-19)8-5-9-21(16)28-22(30)18-12-10-17(11-13-18)14-32-24-25-15-26-29-24/h2-13,15H,14H2,1H3,(H,27,31)(H,28,30)(H,25,26,29). The quantitative estimate of drug-likeness (QED) is 0.353. The fraction of sp³-hybridized carbons (Fsp3) is 0.0833. The van der Waals surface area contributed by atoms with E-state index in [1.807, 2.05) is 49.4 Å². The number of anilines is 2. The number of hydrogen-bond donors (Lipinski definition) is 3. The molecule has 0 aliphatic heterocycles. The predicted octanol–water partition coefficient (Wildman–Crippen LogP) is 4.91. The molecule has 0 atom stereocenters. The number of nitrogens with one attached hydrogen (secondary N) is 3. The minimum atomic E-state index is -0.233. The molecule has 0 fully saturated rings. The fourth-order valence-electron chi connectivity index (χ4n) is 3.10. The van der Waals surface area contributed by atoms with Crippen molar-refractivity contribution in [3.63, 3.8) is 0 Å². The van der Waals surface area contributed by atoms with Crippen LogP contribution in [0.3, 0.4) is 0 Å². The maximum Gasteiger partial charge on any atom is 0.256 e. The molecule has 160 valence electrons. The Kier molecular flexibility index (Phi) is 6.62. The van der Waals surface area contributed by atoms with Gasteiger partial charge in [0.05, 0.1) is 0 Å². The molecule has 0 aliphatic rings. The van der Waals surface area contributed by atoms with Gasteiger partial charge >= 0.3 is 0 Å². The summed E-state index contributed by atoms with van der Waals surface area (Å²) in [5, 5.41) is 13.2. The number of rotatable bonds is 7. The first-order valence-corrected chi connectivity index (χ1v) is 10.9.